The number of hydrogen-bond donors (Lipinski definition) is 4. The number of halogens is 6. The highest BCUT2D eigenvalue weighted by Gasteiger charge is 2.36. The first-order valence-corrected chi connectivity index (χ1v) is 9.79. The number of aliphatic imine (C=N–C) groups is 1. The van der Waals surface area contributed by atoms with Crippen LogP contribution in [0.1, 0.15) is 30.8 Å². The van der Waals surface area contributed by atoms with Gasteiger partial charge in [-0.1, -0.05) is 6.58 Å². The predicted octanol–water partition coefficient (Wildman–Crippen LogP) is 4.83. The molecule has 0 amide bonds. The molecule has 0 saturated carbocycles. The lowest BCUT2D eigenvalue weighted by Crippen LogP contribution is -2.18. The largest absolute Gasteiger partial charge is 0.419 e. The number of alkyl halides is 6. The van der Waals surface area contributed by atoms with E-state index in [0.29, 0.717) is 12.3 Å². The van der Waals surface area contributed by atoms with Crippen LogP contribution in [0.5, 0.6) is 0 Å². The Kier molecular flexibility index (Phi) is 8.10. The third-order valence-electron chi connectivity index (χ3n) is 4.23. The fraction of sp³-hybridized carbons (Fsp3) is 0.238. The topological polar surface area (TPSA) is 127 Å². The van der Waals surface area contributed by atoms with E-state index in [4.69, 9.17) is 11.5 Å². The van der Waals surface area contributed by atoms with Gasteiger partial charge in [-0.2, -0.15) is 26.3 Å². The molecular formula is C21H22F6N8. The van der Waals surface area contributed by atoms with Crippen molar-refractivity contribution in [3.05, 3.63) is 59.7 Å². The summed E-state index contributed by atoms with van der Waals surface area (Å²) in [5, 5.41) is 5.31. The molecule has 2 heterocycles. The summed E-state index contributed by atoms with van der Waals surface area (Å²) in [5.41, 5.74) is 7.35. The second kappa shape index (κ2) is 10.4. The molecule has 0 bridgehead atoms. The number of nitrogens with two attached hydrogens (primary N) is 2. The molecule has 0 aliphatic carbocycles. The van der Waals surface area contributed by atoms with E-state index in [0.717, 1.165) is 18.3 Å². The number of nitrogens with one attached hydrogen (secondary N) is 2. The molecule has 2 rings (SSSR count). The third-order valence-corrected chi connectivity index (χ3v) is 4.23. The molecule has 14 heteroatoms. The van der Waals surface area contributed by atoms with Gasteiger partial charge in [-0.15, -0.1) is 0 Å². The fourth-order valence-electron chi connectivity index (χ4n) is 2.76. The number of aromatic nitrogens is 3. The van der Waals surface area contributed by atoms with Gasteiger partial charge in [0.25, 0.3) is 0 Å². The van der Waals surface area contributed by atoms with Crippen molar-refractivity contribution >= 4 is 35.6 Å². The summed E-state index contributed by atoms with van der Waals surface area (Å²) in [5.74, 6) is -0.646. The highest BCUT2D eigenvalue weighted by molar-refractivity contribution is 5.78. The summed E-state index contributed by atoms with van der Waals surface area (Å²) in [7, 11) is 0. The van der Waals surface area contributed by atoms with Crippen LogP contribution in [0.4, 0.5) is 43.8 Å². The first-order valence-electron chi connectivity index (χ1n) is 9.79. The molecule has 0 spiro atoms. The SMILES string of the molecule is C=Nc1nc(/C(N)=C(/C=C\N)C(F)(F)F)cnc1C(=C)Nc1ccc(C(F)(F)F)c(NC(C)C)n1. The van der Waals surface area contributed by atoms with Crippen LogP contribution in [0.3, 0.4) is 0 Å². The molecule has 0 radical (unpaired) electrons. The Bertz CT molecular complexity index is 1170. The average Bonchev–Trinajstić information content (AvgIpc) is 2.74. The molecule has 0 aromatic carbocycles. The van der Waals surface area contributed by atoms with Crippen molar-refractivity contribution < 1.29 is 26.3 Å². The van der Waals surface area contributed by atoms with Gasteiger partial charge >= 0.3 is 12.4 Å². The van der Waals surface area contributed by atoms with Gasteiger partial charge in [-0.25, -0.2) is 19.9 Å². The Morgan fingerprint density at radius 3 is 2.31 bits per heavy atom. The average molecular weight is 500 g/mol. The normalized spacial score (nSPS) is 13.1. The lowest BCUT2D eigenvalue weighted by Gasteiger charge is -2.18. The van der Waals surface area contributed by atoms with E-state index in [9.17, 15) is 26.3 Å². The fourth-order valence-corrected chi connectivity index (χ4v) is 2.76. The molecule has 0 atom stereocenters. The molecule has 0 aliphatic heterocycles. The lowest BCUT2D eigenvalue weighted by atomic mass is 10.1. The van der Waals surface area contributed by atoms with Crippen molar-refractivity contribution in [2.75, 3.05) is 10.6 Å². The van der Waals surface area contributed by atoms with Crippen LogP contribution >= 0.6 is 0 Å². The monoisotopic (exact) mass is 500 g/mol. The van der Waals surface area contributed by atoms with E-state index in [1.54, 1.807) is 13.8 Å². The number of hydrogen-bond acceptors (Lipinski definition) is 8. The van der Waals surface area contributed by atoms with Gasteiger partial charge in [-0.3, -0.25) is 0 Å². The quantitative estimate of drug-likeness (QED) is 0.232. The van der Waals surface area contributed by atoms with Crippen LogP contribution in [0.15, 0.2) is 47.7 Å². The molecule has 35 heavy (non-hydrogen) atoms. The zero-order chi connectivity index (χ0) is 26.6. The number of pyridine rings is 1. The van der Waals surface area contributed by atoms with Gasteiger partial charge in [0.05, 0.1) is 28.7 Å². The van der Waals surface area contributed by atoms with Gasteiger partial charge in [-0.05, 0) is 45.0 Å². The zero-order valence-electron chi connectivity index (χ0n) is 18.6. The van der Waals surface area contributed by atoms with Gasteiger partial charge < -0.3 is 22.1 Å². The second-order valence-electron chi connectivity index (χ2n) is 7.26. The predicted molar refractivity (Wildman–Crippen MR) is 122 cm³/mol. The van der Waals surface area contributed by atoms with Crippen molar-refractivity contribution in [2.24, 2.45) is 16.5 Å². The van der Waals surface area contributed by atoms with Crippen molar-refractivity contribution in [2.45, 2.75) is 32.2 Å². The Morgan fingerprint density at radius 2 is 1.80 bits per heavy atom. The van der Waals surface area contributed by atoms with Crippen LogP contribution < -0.4 is 22.1 Å². The van der Waals surface area contributed by atoms with E-state index in [1.165, 1.54) is 0 Å². The molecule has 0 aliphatic rings. The highest BCUT2D eigenvalue weighted by Crippen LogP contribution is 2.36. The van der Waals surface area contributed by atoms with Gasteiger partial charge in [0, 0.05) is 6.04 Å². The van der Waals surface area contributed by atoms with Crippen LogP contribution in [0.2, 0.25) is 0 Å². The van der Waals surface area contributed by atoms with E-state index in [2.05, 4.69) is 43.9 Å². The molecular weight excluding hydrogens is 478 g/mol. The number of allylic oxidation sites excluding steroid dienone is 2. The Morgan fingerprint density at radius 1 is 1.14 bits per heavy atom. The Balaban J connectivity index is 2.45. The second-order valence-corrected chi connectivity index (χ2v) is 7.26. The maximum atomic E-state index is 13.3. The van der Waals surface area contributed by atoms with Gasteiger partial charge in [0.1, 0.15) is 23.0 Å². The zero-order valence-corrected chi connectivity index (χ0v) is 18.6. The van der Waals surface area contributed by atoms with Gasteiger partial charge in [0.2, 0.25) is 0 Å². The maximum Gasteiger partial charge on any atom is 0.419 e. The van der Waals surface area contributed by atoms with E-state index in [-0.39, 0.29) is 34.8 Å². The van der Waals surface area contributed by atoms with Crippen molar-refractivity contribution in [1.29, 1.82) is 0 Å². The van der Waals surface area contributed by atoms with Crippen molar-refractivity contribution in [1.82, 2.24) is 15.0 Å². The molecule has 0 saturated heterocycles. The van der Waals surface area contributed by atoms with E-state index in [1.807, 2.05) is 0 Å². The van der Waals surface area contributed by atoms with E-state index < -0.39 is 35.0 Å². The Labute approximate surface area is 196 Å². The summed E-state index contributed by atoms with van der Waals surface area (Å²) >= 11 is 0. The molecule has 2 aromatic rings. The van der Waals surface area contributed by atoms with Gasteiger partial charge in [0.15, 0.2) is 5.82 Å². The third kappa shape index (κ3) is 6.71. The number of rotatable bonds is 8. The summed E-state index contributed by atoms with van der Waals surface area (Å²) < 4.78 is 79.6. The molecule has 188 valence electrons. The van der Waals surface area contributed by atoms with Crippen LogP contribution in [-0.4, -0.2) is 33.9 Å². The minimum Gasteiger partial charge on any atom is -0.405 e. The smallest absolute Gasteiger partial charge is 0.405 e. The summed E-state index contributed by atoms with van der Waals surface area (Å²) in [6.45, 7) is 10.3. The summed E-state index contributed by atoms with van der Waals surface area (Å²) in [4.78, 5) is 15.5. The number of anilines is 2. The highest BCUT2D eigenvalue weighted by atomic mass is 19.4. The standard InChI is InChI=1S/C21H22F6N8/c1-10(2)32-18-13(21(25,26)27)5-6-15(35-18)33-11(3)17-19(30-4)34-14(9-31-17)16(29)12(7-8-28)20(22,23)24/h5-10H,3-4,28-29H2,1-2H3,(H2,32,33,35)/b8-7-,16-12+. The molecule has 2 aromatic heterocycles. The first kappa shape index (κ1) is 27.1. The summed E-state index contributed by atoms with van der Waals surface area (Å²) in [6.07, 6.45) is -7.25. The molecule has 6 N–H and O–H groups in total. The molecule has 8 nitrogen and oxygen atoms in total. The van der Waals surface area contributed by atoms with Crippen molar-refractivity contribution in [3.63, 3.8) is 0 Å². The minimum atomic E-state index is -4.82. The van der Waals surface area contributed by atoms with Crippen LogP contribution in [0.25, 0.3) is 11.4 Å². The molecule has 0 fully saturated rings. The minimum absolute atomic E-state index is 0.00495. The van der Waals surface area contributed by atoms with Crippen LogP contribution in [0, 0.1) is 0 Å². The lowest BCUT2D eigenvalue weighted by molar-refractivity contribution is -0.137. The van der Waals surface area contributed by atoms with Crippen LogP contribution in [-0.2, 0) is 6.18 Å². The first-order chi connectivity index (χ1) is 16.2. The maximum absolute atomic E-state index is 13.3. The number of nitrogens with zero attached hydrogens (tertiary/aromatic N) is 4. The van der Waals surface area contributed by atoms with Crippen molar-refractivity contribution in [3.8, 4) is 0 Å². The van der Waals surface area contributed by atoms with E-state index >= 15 is 0 Å². The molecule has 0 unspecified atom stereocenters. The Hall–Kier alpha value is -4.10. The summed E-state index contributed by atoms with van der Waals surface area (Å²) in [6, 6.07) is 1.58.